The molecule has 0 atom stereocenters. The molecule has 5 nitrogen and oxygen atoms in total. The molecule has 1 aromatic heterocycles. The molecule has 0 bridgehead atoms. The van der Waals surface area contributed by atoms with Crippen LogP contribution in [-0.2, 0) is 22.0 Å². The zero-order chi connectivity index (χ0) is 16.5. The van der Waals surface area contributed by atoms with Gasteiger partial charge in [0.25, 0.3) is 0 Å². The van der Waals surface area contributed by atoms with Gasteiger partial charge in [0.1, 0.15) is 0 Å². The van der Waals surface area contributed by atoms with Crippen LogP contribution in [0.4, 0.5) is 0 Å². The van der Waals surface area contributed by atoms with Crippen LogP contribution < -0.4 is 0 Å². The van der Waals surface area contributed by atoms with Crippen molar-refractivity contribution in [2.75, 3.05) is 26.4 Å². The van der Waals surface area contributed by atoms with Gasteiger partial charge in [0, 0.05) is 42.2 Å². The highest BCUT2D eigenvalue weighted by atomic mass is 32.2. The highest BCUT2D eigenvalue weighted by molar-refractivity contribution is 7.88. The topological polar surface area (TPSA) is 53.5 Å². The van der Waals surface area contributed by atoms with E-state index in [9.17, 15) is 8.42 Å². The third kappa shape index (κ3) is 4.50. The van der Waals surface area contributed by atoms with Crippen LogP contribution in [-0.4, -0.2) is 55.0 Å². The Bertz CT molecular complexity index is 597. The van der Waals surface area contributed by atoms with Crippen molar-refractivity contribution >= 4 is 21.4 Å². The molecule has 0 aromatic carbocycles. The summed E-state index contributed by atoms with van der Waals surface area (Å²) in [5.41, 5.74) is 0.0995. The van der Waals surface area contributed by atoms with Gasteiger partial charge >= 0.3 is 0 Å². The molecule has 2 heterocycles. The molecule has 0 spiro atoms. The minimum atomic E-state index is -3.04. The Morgan fingerprint density at radius 2 is 1.95 bits per heavy atom. The first-order valence-electron chi connectivity index (χ1n) is 7.68. The van der Waals surface area contributed by atoms with E-state index < -0.39 is 10.0 Å². The lowest BCUT2D eigenvalue weighted by Gasteiger charge is -2.35. The van der Waals surface area contributed by atoms with Crippen LogP contribution in [0.1, 0.15) is 43.5 Å². The van der Waals surface area contributed by atoms with Crippen LogP contribution >= 0.6 is 11.3 Å². The first-order chi connectivity index (χ1) is 10.1. The number of piperidine rings is 1. The fraction of sp³-hybridized carbons (Fsp3) is 0.800. The van der Waals surface area contributed by atoms with E-state index in [1.54, 1.807) is 15.6 Å². The molecule has 0 unspecified atom stereocenters. The maximum atomic E-state index is 11.6. The van der Waals surface area contributed by atoms with Crippen molar-refractivity contribution in [1.82, 2.24) is 14.2 Å². The molecular formula is C15H27N3O2S2. The first kappa shape index (κ1) is 17.8. The second-order valence-electron chi connectivity index (χ2n) is 7.19. The fourth-order valence-corrected chi connectivity index (χ4v) is 4.62. The molecule has 7 heteroatoms. The first-order valence-corrected chi connectivity index (χ1v) is 10.3. The number of hydrogen-bond acceptors (Lipinski definition) is 5. The van der Waals surface area contributed by atoms with Crippen molar-refractivity contribution in [3.63, 3.8) is 0 Å². The summed E-state index contributed by atoms with van der Waals surface area (Å²) in [6.07, 6.45) is 5.07. The van der Waals surface area contributed by atoms with Crippen LogP contribution in [0.3, 0.4) is 0 Å². The van der Waals surface area contributed by atoms with Gasteiger partial charge in [-0.2, -0.15) is 0 Å². The van der Waals surface area contributed by atoms with E-state index in [-0.39, 0.29) is 5.41 Å². The quantitative estimate of drug-likeness (QED) is 0.840. The molecule has 0 saturated carbocycles. The van der Waals surface area contributed by atoms with Gasteiger partial charge in [-0.1, -0.05) is 20.8 Å². The van der Waals surface area contributed by atoms with Gasteiger partial charge in [0.15, 0.2) is 0 Å². The van der Waals surface area contributed by atoms with Crippen LogP contribution in [0.5, 0.6) is 0 Å². The third-order valence-electron chi connectivity index (χ3n) is 4.12. The van der Waals surface area contributed by atoms with Crippen LogP contribution in [0.15, 0.2) is 6.20 Å². The fourth-order valence-electron chi connectivity index (χ4n) is 2.72. The normalized spacial score (nSPS) is 19.0. The predicted octanol–water partition coefficient (Wildman–Crippen LogP) is 2.30. The van der Waals surface area contributed by atoms with Crippen LogP contribution in [0.2, 0.25) is 0 Å². The second-order valence-corrected chi connectivity index (χ2v) is 10.3. The summed E-state index contributed by atoms with van der Waals surface area (Å²) >= 11 is 1.78. The Morgan fingerprint density at radius 3 is 2.41 bits per heavy atom. The largest absolute Gasteiger partial charge is 0.298 e. The Kier molecular flexibility index (Phi) is 5.31. The van der Waals surface area contributed by atoms with Gasteiger partial charge < -0.3 is 0 Å². The monoisotopic (exact) mass is 345 g/mol. The summed E-state index contributed by atoms with van der Waals surface area (Å²) in [6.45, 7) is 8.69. The molecule has 0 amide bonds. The van der Waals surface area contributed by atoms with E-state index in [1.165, 1.54) is 16.1 Å². The molecule has 1 aliphatic rings. The molecule has 126 valence electrons. The highest BCUT2D eigenvalue weighted by Gasteiger charge is 2.27. The van der Waals surface area contributed by atoms with E-state index in [0.717, 1.165) is 19.4 Å². The Morgan fingerprint density at radius 1 is 1.36 bits per heavy atom. The molecule has 1 aromatic rings. The number of thiazole rings is 1. The Balaban J connectivity index is 1.91. The van der Waals surface area contributed by atoms with Crippen molar-refractivity contribution in [3.05, 3.63) is 16.1 Å². The van der Waals surface area contributed by atoms with Crippen molar-refractivity contribution in [2.24, 2.45) is 0 Å². The van der Waals surface area contributed by atoms with Gasteiger partial charge in [0.05, 0.1) is 11.3 Å². The minimum absolute atomic E-state index is 0.0995. The molecular weight excluding hydrogens is 318 g/mol. The second kappa shape index (κ2) is 6.55. The molecule has 1 aliphatic heterocycles. The lowest BCUT2D eigenvalue weighted by molar-refractivity contribution is 0.163. The maximum Gasteiger partial charge on any atom is 0.211 e. The molecule has 0 radical (unpaired) electrons. The molecule has 0 aliphatic carbocycles. The molecule has 22 heavy (non-hydrogen) atoms. The van der Waals surface area contributed by atoms with E-state index in [0.29, 0.717) is 19.1 Å². The summed E-state index contributed by atoms with van der Waals surface area (Å²) in [7, 11) is -0.918. The van der Waals surface area contributed by atoms with Gasteiger partial charge in [0.2, 0.25) is 10.0 Å². The van der Waals surface area contributed by atoms with E-state index >= 15 is 0 Å². The summed E-state index contributed by atoms with van der Waals surface area (Å²) in [5.74, 6) is 0. The van der Waals surface area contributed by atoms with Crippen molar-refractivity contribution < 1.29 is 8.42 Å². The number of nitrogens with zero attached hydrogens (tertiary/aromatic N) is 3. The van der Waals surface area contributed by atoms with Crippen molar-refractivity contribution in [1.29, 1.82) is 0 Å². The smallest absolute Gasteiger partial charge is 0.211 e. The predicted molar refractivity (Wildman–Crippen MR) is 91.7 cm³/mol. The summed E-state index contributed by atoms with van der Waals surface area (Å²) < 4.78 is 24.7. The van der Waals surface area contributed by atoms with Crippen molar-refractivity contribution in [3.8, 4) is 0 Å². The van der Waals surface area contributed by atoms with Gasteiger partial charge in [-0.25, -0.2) is 17.7 Å². The molecule has 2 rings (SSSR count). The minimum Gasteiger partial charge on any atom is -0.298 e. The number of aromatic nitrogens is 1. The summed E-state index contributed by atoms with van der Waals surface area (Å²) in [6, 6.07) is 0.443. The maximum absolute atomic E-state index is 11.6. The van der Waals surface area contributed by atoms with Gasteiger partial charge in [-0.15, -0.1) is 11.3 Å². The van der Waals surface area contributed by atoms with Crippen LogP contribution in [0, 0.1) is 0 Å². The zero-order valence-electron chi connectivity index (χ0n) is 14.2. The number of hydrogen-bond donors (Lipinski definition) is 0. The van der Waals surface area contributed by atoms with Crippen LogP contribution in [0.25, 0.3) is 0 Å². The SMILES string of the molecule is CN(Cc1cnc(C(C)(C)C)s1)C1CCN(S(C)(=O)=O)CC1. The summed E-state index contributed by atoms with van der Waals surface area (Å²) in [5, 5.41) is 1.17. The zero-order valence-corrected chi connectivity index (χ0v) is 15.8. The average molecular weight is 346 g/mol. The average Bonchev–Trinajstić information content (AvgIpc) is 2.86. The lowest BCUT2D eigenvalue weighted by Crippen LogP contribution is -2.44. The Labute approximate surface area is 138 Å². The lowest BCUT2D eigenvalue weighted by atomic mass is 9.98. The number of sulfonamides is 1. The molecule has 1 fully saturated rings. The third-order valence-corrected chi connectivity index (χ3v) is 6.83. The Hall–Kier alpha value is -0.500. The van der Waals surface area contributed by atoms with Gasteiger partial charge in [-0.05, 0) is 19.9 Å². The van der Waals surface area contributed by atoms with E-state index in [2.05, 4.69) is 37.7 Å². The van der Waals surface area contributed by atoms with E-state index in [1.807, 2.05) is 6.20 Å². The van der Waals surface area contributed by atoms with E-state index in [4.69, 9.17) is 0 Å². The highest BCUT2D eigenvalue weighted by Crippen LogP contribution is 2.28. The molecule has 1 saturated heterocycles. The standard InChI is InChI=1S/C15H27N3O2S2/c1-15(2,3)14-16-10-13(21-14)11-17(4)12-6-8-18(9-7-12)22(5,19)20/h10,12H,6-9,11H2,1-5H3. The van der Waals surface area contributed by atoms with Gasteiger partial charge in [-0.3, -0.25) is 4.90 Å². The number of rotatable bonds is 4. The molecule has 0 N–H and O–H groups in total. The summed E-state index contributed by atoms with van der Waals surface area (Å²) in [4.78, 5) is 8.14. The van der Waals surface area contributed by atoms with Crippen molar-refractivity contribution in [2.45, 2.75) is 51.6 Å².